The van der Waals surface area contributed by atoms with Gasteiger partial charge in [-0.25, -0.2) is 0 Å². The summed E-state index contributed by atoms with van der Waals surface area (Å²) in [6, 6.07) is 11.0. The summed E-state index contributed by atoms with van der Waals surface area (Å²) in [5, 5.41) is 2.01. The summed E-state index contributed by atoms with van der Waals surface area (Å²) in [6.07, 6.45) is 2.10. The van der Waals surface area contributed by atoms with Gasteiger partial charge in [0, 0.05) is 22.0 Å². The average Bonchev–Trinajstić information content (AvgIpc) is 3.20. The number of primary amides is 1. The Labute approximate surface area is 127 Å². The van der Waals surface area contributed by atoms with Gasteiger partial charge in [-0.1, -0.05) is 12.1 Å². The summed E-state index contributed by atoms with van der Waals surface area (Å²) >= 11 is 1.65. The molecule has 0 bridgehead atoms. The molecule has 0 spiro atoms. The Morgan fingerprint density at radius 2 is 1.95 bits per heavy atom. The number of amides is 2. The van der Waals surface area contributed by atoms with E-state index >= 15 is 0 Å². The molecule has 0 radical (unpaired) electrons. The molecule has 5 heteroatoms. The largest absolute Gasteiger partial charge is 0.366 e. The van der Waals surface area contributed by atoms with E-state index in [1.54, 1.807) is 35.6 Å². The summed E-state index contributed by atoms with van der Waals surface area (Å²) < 4.78 is 0. The second kappa shape index (κ2) is 5.69. The maximum absolute atomic E-state index is 12.7. The fourth-order valence-electron chi connectivity index (χ4n) is 2.29. The first-order chi connectivity index (χ1) is 10.1. The highest BCUT2D eigenvalue weighted by molar-refractivity contribution is 7.09. The zero-order chi connectivity index (χ0) is 14.8. The molecule has 1 saturated carbocycles. The number of nitrogens with zero attached hydrogens (tertiary/aromatic N) is 1. The van der Waals surface area contributed by atoms with Crippen LogP contribution >= 0.6 is 11.3 Å². The van der Waals surface area contributed by atoms with Crippen molar-refractivity contribution in [2.24, 2.45) is 5.73 Å². The average molecular weight is 300 g/mol. The zero-order valence-corrected chi connectivity index (χ0v) is 12.3. The quantitative estimate of drug-likeness (QED) is 0.922. The molecule has 3 rings (SSSR count). The molecule has 0 atom stereocenters. The van der Waals surface area contributed by atoms with Crippen LogP contribution in [-0.4, -0.2) is 22.8 Å². The Balaban J connectivity index is 1.84. The van der Waals surface area contributed by atoms with Crippen molar-refractivity contribution < 1.29 is 9.59 Å². The Morgan fingerprint density at radius 1 is 1.19 bits per heavy atom. The Hall–Kier alpha value is -2.14. The number of carbonyl (C=O) groups is 2. The van der Waals surface area contributed by atoms with E-state index in [0.717, 1.165) is 12.8 Å². The molecule has 0 aliphatic heterocycles. The van der Waals surface area contributed by atoms with Gasteiger partial charge >= 0.3 is 0 Å². The Morgan fingerprint density at radius 3 is 2.57 bits per heavy atom. The van der Waals surface area contributed by atoms with Crippen LogP contribution in [0.4, 0.5) is 0 Å². The summed E-state index contributed by atoms with van der Waals surface area (Å²) in [7, 11) is 0. The molecule has 108 valence electrons. The molecule has 1 heterocycles. The SMILES string of the molecule is NC(=O)c1cccc(C(=O)N(Cc2cccs2)C2CC2)c1. The van der Waals surface area contributed by atoms with Crippen molar-refractivity contribution in [2.45, 2.75) is 25.4 Å². The number of rotatable bonds is 5. The van der Waals surface area contributed by atoms with Crippen LogP contribution in [0.15, 0.2) is 41.8 Å². The topological polar surface area (TPSA) is 63.4 Å². The van der Waals surface area contributed by atoms with Crippen LogP contribution in [0.5, 0.6) is 0 Å². The van der Waals surface area contributed by atoms with E-state index in [1.807, 2.05) is 22.4 Å². The van der Waals surface area contributed by atoms with E-state index in [9.17, 15) is 9.59 Å². The third-order valence-electron chi connectivity index (χ3n) is 3.55. The molecule has 1 fully saturated rings. The lowest BCUT2D eigenvalue weighted by molar-refractivity contribution is 0.0731. The van der Waals surface area contributed by atoms with Gasteiger partial charge in [0.25, 0.3) is 5.91 Å². The molecular formula is C16H16N2O2S. The van der Waals surface area contributed by atoms with Gasteiger partial charge in [0.05, 0.1) is 6.54 Å². The van der Waals surface area contributed by atoms with Crippen LogP contribution in [0.25, 0.3) is 0 Å². The Kier molecular flexibility index (Phi) is 3.75. The number of hydrogen-bond donors (Lipinski definition) is 1. The maximum Gasteiger partial charge on any atom is 0.254 e. The number of hydrogen-bond acceptors (Lipinski definition) is 3. The highest BCUT2D eigenvalue weighted by Crippen LogP contribution is 2.30. The molecule has 0 unspecified atom stereocenters. The Bertz CT molecular complexity index is 663. The molecular weight excluding hydrogens is 284 g/mol. The molecule has 1 aliphatic carbocycles. The van der Waals surface area contributed by atoms with E-state index in [-0.39, 0.29) is 5.91 Å². The number of thiophene rings is 1. The molecule has 1 aliphatic rings. The first-order valence-electron chi connectivity index (χ1n) is 6.88. The highest BCUT2D eigenvalue weighted by Gasteiger charge is 2.33. The van der Waals surface area contributed by atoms with Gasteiger partial charge in [-0.05, 0) is 42.5 Å². The minimum atomic E-state index is -0.513. The number of benzene rings is 1. The van der Waals surface area contributed by atoms with E-state index in [4.69, 9.17) is 5.73 Å². The second-order valence-corrected chi connectivity index (χ2v) is 6.22. The van der Waals surface area contributed by atoms with Crippen molar-refractivity contribution >= 4 is 23.2 Å². The normalized spacial score (nSPS) is 13.9. The minimum Gasteiger partial charge on any atom is -0.366 e. The van der Waals surface area contributed by atoms with E-state index in [2.05, 4.69) is 0 Å². The van der Waals surface area contributed by atoms with E-state index < -0.39 is 5.91 Å². The van der Waals surface area contributed by atoms with Crippen molar-refractivity contribution in [3.05, 3.63) is 57.8 Å². The van der Waals surface area contributed by atoms with Gasteiger partial charge in [0.1, 0.15) is 0 Å². The molecule has 0 saturated heterocycles. The standard InChI is InChI=1S/C16H16N2O2S/c17-15(19)11-3-1-4-12(9-11)16(20)18(13-6-7-13)10-14-5-2-8-21-14/h1-5,8-9,13H,6-7,10H2,(H2,17,19). The predicted molar refractivity (Wildman–Crippen MR) is 82.2 cm³/mol. The van der Waals surface area contributed by atoms with Crippen LogP contribution in [0.3, 0.4) is 0 Å². The fourth-order valence-corrected chi connectivity index (χ4v) is 3.00. The van der Waals surface area contributed by atoms with Crippen LogP contribution in [0.1, 0.15) is 38.4 Å². The van der Waals surface area contributed by atoms with Crippen molar-refractivity contribution in [1.29, 1.82) is 0 Å². The van der Waals surface area contributed by atoms with Gasteiger partial charge < -0.3 is 10.6 Å². The molecule has 2 N–H and O–H groups in total. The van der Waals surface area contributed by atoms with E-state index in [1.165, 1.54) is 4.88 Å². The van der Waals surface area contributed by atoms with Crippen LogP contribution in [0, 0.1) is 0 Å². The minimum absolute atomic E-state index is 0.0333. The second-order valence-electron chi connectivity index (χ2n) is 5.19. The van der Waals surface area contributed by atoms with Gasteiger partial charge in [-0.3, -0.25) is 9.59 Å². The van der Waals surface area contributed by atoms with Crippen molar-refractivity contribution in [2.75, 3.05) is 0 Å². The van der Waals surface area contributed by atoms with Crippen LogP contribution < -0.4 is 5.73 Å². The first-order valence-corrected chi connectivity index (χ1v) is 7.76. The molecule has 21 heavy (non-hydrogen) atoms. The predicted octanol–water partition coefficient (Wildman–Crippen LogP) is 2.65. The lowest BCUT2D eigenvalue weighted by atomic mass is 10.1. The summed E-state index contributed by atoms with van der Waals surface area (Å²) in [6.45, 7) is 0.627. The van der Waals surface area contributed by atoms with Crippen molar-refractivity contribution in [3.63, 3.8) is 0 Å². The van der Waals surface area contributed by atoms with Gasteiger partial charge in [-0.2, -0.15) is 0 Å². The summed E-state index contributed by atoms with van der Waals surface area (Å²) in [4.78, 5) is 27.0. The zero-order valence-electron chi connectivity index (χ0n) is 11.5. The van der Waals surface area contributed by atoms with Crippen molar-refractivity contribution in [1.82, 2.24) is 4.90 Å². The number of nitrogens with two attached hydrogens (primary N) is 1. The first kappa shape index (κ1) is 13.8. The molecule has 1 aromatic carbocycles. The smallest absolute Gasteiger partial charge is 0.254 e. The fraction of sp³-hybridized carbons (Fsp3) is 0.250. The van der Waals surface area contributed by atoms with Gasteiger partial charge in [0.15, 0.2) is 0 Å². The lowest BCUT2D eigenvalue weighted by Gasteiger charge is -2.22. The van der Waals surface area contributed by atoms with Gasteiger partial charge in [0.2, 0.25) is 5.91 Å². The third kappa shape index (κ3) is 3.13. The monoisotopic (exact) mass is 300 g/mol. The maximum atomic E-state index is 12.7. The molecule has 1 aromatic heterocycles. The van der Waals surface area contributed by atoms with Crippen LogP contribution in [-0.2, 0) is 6.54 Å². The third-order valence-corrected chi connectivity index (χ3v) is 4.41. The van der Waals surface area contributed by atoms with Gasteiger partial charge in [-0.15, -0.1) is 11.3 Å². The number of carbonyl (C=O) groups excluding carboxylic acids is 2. The summed E-state index contributed by atoms with van der Waals surface area (Å²) in [5.74, 6) is -0.546. The lowest BCUT2D eigenvalue weighted by Crippen LogP contribution is -2.32. The van der Waals surface area contributed by atoms with E-state index in [0.29, 0.717) is 23.7 Å². The summed E-state index contributed by atoms with van der Waals surface area (Å²) in [5.41, 5.74) is 6.17. The van der Waals surface area contributed by atoms with Crippen LogP contribution in [0.2, 0.25) is 0 Å². The molecule has 2 aromatic rings. The highest BCUT2D eigenvalue weighted by atomic mass is 32.1. The molecule has 4 nitrogen and oxygen atoms in total. The van der Waals surface area contributed by atoms with Crippen molar-refractivity contribution in [3.8, 4) is 0 Å². The molecule has 2 amide bonds.